The van der Waals surface area contributed by atoms with Gasteiger partial charge in [-0.25, -0.2) is 0 Å². The van der Waals surface area contributed by atoms with E-state index in [-0.39, 0.29) is 0 Å². The van der Waals surface area contributed by atoms with Crippen LogP contribution in [0.2, 0.25) is 0 Å². The first-order chi connectivity index (χ1) is 10.8. The molecular weight excluding hydrogens is 272 g/mol. The molecule has 0 aliphatic carbocycles. The van der Waals surface area contributed by atoms with Gasteiger partial charge in [0.25, 0.3) is 0 Å². The summed E-state index contributed by atoms with van der Waals surface area (Å²) in [6.45, 7) is 6.28. The van der Waals surface area contributed by atoms with Crippen molar-refractivity contribution in [3.05, 3.63) is 54.7 Å². The van der Waals surface area contributed by atoms with Gasteiger partial charge in [0.15, 0.2) is 0 Å². The lowest BCUT2D eigenvalue weighted by molar-refractivity contribution is -0.949. The Kier molecular flexibility index (Phi) is 3.47. The largest absolute Gasteiger partial charge is 0.382 e. The SMILES string of the molecule is C=C[C@H]1C[NH+]2CC[C@H]1C[C@H]2[C@H](O)c1cnc2ccccc2c1. The maximum atomic E-state index is 10.9. The van der Waals surface area contributed by atoms with Crippen molar-refractivity contribution in [1.82, 2.24) is 4.98 Å². The van der Waals surface area contributed by atoms with Gasteiger partial charge >= 0.3 is 0 Å². The van der Waals surface area contributed by atoms with Gasteiger partial charge in [0, 0.05) is 35.9 Å². The van der Waals surface area contributed by atoms with E-state index in [9.17, 15) is 5.11 Å². The van der Waals surface area contributed by atoms with Gasteiger partial charge in [-0.1, -0.05) is 24.3 Å². The van der Waals surface area contributed by atoms with Crippen LogP contribution in [0.25, 0.3) is 10.9 Å². The first-order valence-electron chi connectivity index (χ1n) is 8.26. The summed E-state index contributed by atoms with van der Waals surface area (Å²) in [6.07, 6.45) is 5.91. The molecule has 1 aromatic heterocycles. The average molecular weight is 295 g/mol. The molecule has 3 nitrogen and oxygen atoms in total. The Morgan fingerprint density at radius 2 is 2.23 bits per heavy atom. The van der Waals surface area contributed by atoms with Crippen LogP contribution in [0.3, 0.4) is 0 Å². The fourth-order valence-corrected chi connectivity index (χ4v) is 4.39. The Bertz CT molecular complexity index is 699. The quantitative estimate of drug-likeness (QED) is 0.847. The second-order valence-corrected chi connectivity index (χ2v) is 6.81. The predicted octanol–water partition coefficient (Wildman–Crippen LogP) is 1.75. The van der Waals surface area contributed by atoms with Gasteiger partial charge in [0.1, 0.15) is 12.1 Å². The molecule has 1 aromatic carbocycles. The molecule has 0 saturated carbocycles. The van der Waals surface area contributed by atoms with Crippen molar-refractivity contribution in [2.75, 3.05) is 13.1 Å². The van der Waals surface area contributed by atoms with Crippen LogP contribution < -0.4 is 4.90 Å². The Labute approximate surface area is 131 Å². The average Bonchev–Trinajstić information content (AvgIpc) is 2.60. The Hall–Kier alpha value is -1.71. The van der Waals surface area contributed by atoms with Gasteiger partial charge in [0.05, 0.1) is 18.6 Å². The van der Waals surface area contributed by atoms with E-state index in [0.29, 0.717) is 17.9 Å². The highest BCUT2D eigenvalue weighted by Crippen LogP contribution is 2.32. The molecule has 0 spiro atoms. The fraction of sp³-hybridized carbons (Fsp3) is 0.421. The van der Waals surface area contributed by atoms with Crippen LogP contribution in [0.1, 0.15) is 24.5 Å². The molecule has 2 bridgehead atoms. The van der Waals surface area contributed by atoms with E-state index in [4.69, 9.17) is 0 Å². The molecule has 3 fully saturated rings. The maximum Gasteiger partial charge on any atom is 0.132 e. The minimum absolute atomic E-state index is 0.304. The number of hydrogen-bond donors (Lipinski definition) is 2. The highest BCUT2D eigenvalue weighted by molar-refractivity contribution is 5.78. The third kappa shape index (κ3) is 2.25. The molecule has 5 rings (SSSR count). The summed E-state index contributed by atoms with van der Waals surface area (Å²) < 4.78 is 0. The van der Waals surface area contributed by atoms with Crippen LogP contribution in [-0.4, -0.2) is 29.2 Å². The van der Waals surface area contributed by atoms with Crippen LogP contribution >= 0.6 is 0 Å². The number of quaternary nitrogens is 1. The number of rotatable bonds is 3. The molecule has 4 heterocycles. The van der Waals surface area contributed by atoms with Gasteiger partial charge < -0.3 is 10.0 Å². The van der Waals surface area contributed by atoms with E-state index in [1.54, 1.807) is 0 Å². The monoisotopic (exact) mass is 295 g/mol. The Morgan fingerprint density at radius 3 is 3.00 bits per heavy atom. The number of aliphatic hydroxyl groups excluding tert-OH is 1. The molecule has 0 amide bonds. The Balaban J connectivity index is 1.61. The molecule has 1 unspecified atom stereocenters. The number of nitrogens with one attached hydrogen (secondary N) is 1. The second kappa shape index (κ2) is 5.49. The molecule has 2 N–H and O–H groups in total. The highest BCUT2D eigenvalue weighted by Gasteiger charge is 2.45. The molecule has 2 aromatic rings. The zero-order valence-electron chi connectivity index (χ0n) is 12.8. The van der Waals surface area contributed by atoms with Gasteiger partial charge in [-0.15, -0.1) is 6.58 Å². The number of para-hydroxylation sites is 1. The normalized spacial score (nSPS) is 32.0. The van der Waals surface area contributed by atoms with E-state index in [1.165, 1.54) is 17.9 Å². The first-order valence-corrected chi connectivity index (χ1v) is 8.26. The molecule has 3 aliphatic heterocycles. The number of aromatic nitrogens is 1. The first kappa shape index (κ1) is 13.9. The van der Waals surface area contributed by atoms with Crippen molar-refractivity contribution in [2.24, 2.45) is 11.8 Å². The maximum absolute atomic E-state index is 10.9. The third-order valence-corrected chi connectivity index (χ3v) is 5.66. The molecule has 0 radical (unpaired) electrons. The molecule has 5 atom stereocenters. The summed E-state index contributed by atoms with van der Waals surface area (Å²) in [7, 11) is 0. The zero-order valence-corrected chi connectivity index (χ0v) is 12.8. The van der Waals surface area contributed by atoms with E-state index in [1.807, 2.05) is 24.4 Å². The zero-order chi connectivity index (χ0) is 15.1. The number of piperidine rings is 3. The van der Waals surface area contributed by atoms with Crippen molar-refractivity contribution < 1.29 is 10.0 Å². The molecular formula is C19H23N2O+. The van der Waals surface area contributed by atoms with Crippen LogP contribution in [0.4, 0.5) is 0 Å². The van der Waals surface area contributed by atoms with Gasteiger partial charge in [-0.3, -0.25) is 4.98 Å². The molecule has 114 valence electrons. The van der Waals surface area contributed by atoms with Crippen molar-refractivity contribution in [1.29, 1.82) is 0 Å². The van der Waals surface area contributed by atoms with Gasteiger partial charge in [-0.05, 0) is 18.1 Å². The van der Waals surface area contributed by atoms with Crippen molar-refractivity contribution in [3.8, 4) is 0 Å². The molecule has 22 heavy (non-hydrogen) atoms. The van der Waals surface area contributed by atoms with Crippen molar-refractivity contribution in [3.63, 3.8) is 0 Å². The number of aliphatic hydroxyl groups is 1. The number of pyridine rings is 1. The number of hydrogen-bond acceptors (Lipinski definition) is 2. The van der Waals surface area contributed by atoms with E-state index >= 15 is 0 Å². The van der Waals surface area contributed by atoms with Crippen LogP contribution in [0, 0.1) is 11.8 Å². The number of fused-ring (bicyclic) bond motifs is 4. The van der Waals surface area contributed by atoms with Gasteiger partial charge in [-0.2, -0.15) is 0 Å². The standard InChI is InChI=1S/C19H22N2O/c1-2-13-12-21-8-7-14(13)10-18(21)19(22)16-9-15-5-3-4-6-17(15)20-11-16/h2-6,9,11,13-14,18-19,22H,1,7-8,10,12H2/p+1/t13-,14-,18-,19+/m0/s1. The minimum Gasteiger partial charge on any atom is -0.382 e. The summed E-state index contributed by atoms with van der Waals surface area (Å²) in [5, 5.41) is 12.0. The lowest BCUT2D eigenvalue weighted by Gasteiger charge is -2.47. The summed E-state index contributed by atoms with van der Waals surface area (Å²) >= 11 is 0. The van der Waals surface area contributed by atoms with Crippen LogP contribution in [-0.2, 0) is 0 Å². The number of nitrogens with zero attached hydrogens (tertiary/aromatic N) is 1. The predicted molar refractivity (Wildman–Crippen MR) is 87.6 cm³/mol. The fourth-order valence-electron chi connectivity index (χ4n) is 4.39. The van der Waals surface area contributed by atoms with Crippen LogP contribution in [0.5, 0.6) is 0 Å². The minimum atomic E-state index is -0.416. The summed E-state index contributed by atoms with van der Waals surface area (Å²) in [5.41, 5.74) is 1.95. The molecule has 3 saturated heterocycles. The lowest BCUT2D eigenvalue weighted by atomic mass is 9.74. The summed E-state index contributed by atoms with van der Waals surface area (Å²) in [5.74, 6) is 1.32. The molecule has 3 heteroatoms. The van der Waals surface area contributed by atoms with Crippen molar-refractivity contribution >= 4 is 10.9 Å². The molecule has 3 aliphatic rings. The summed E-state index contributed by atoms with van der Waals surface area (Å²) in [6, 6.07) is 10.5. The smallest absolute Gasteiger partial charge is 0.132 e. The summed E-state index contributed by atoms with van der Waals surface area (Å²) in [4.78, 5) is 6.04. The van der Waals surface area contributed by atoms with Crippen molar-refractivity contribution in [2.45, 2.75) is 25.0 Å². The van der Waals surface area contributed by atoms with E-state index in [0.717, 1.165) is 29.4 Å². The topological polar surface area (TPSA) is 37.6 Å². The van der Waals surface area contributed by atoms with Gasteiger partial charge in [0.2, 0.25) is 0 Å². The lowest BCUT2D eigenvalue weighted by Crippen LogP contribution is -3.20. The second-order valence-electron chi connectivity index (χ2n) is 6.81. The Morgan fingerprint density at radius 1 is 1.36 bits per heavy atom. The van der Waals surface area contributed by atoms with E-state index in [2.05, 4.69) is 29.8 Å². The highest BCUT2D eigenvalue weighted by atomic mass is 16.3. The number of benzene rings is 1. The van der Waals surface area contributed by atoms with Crippen LogP contribution in [0.15, 0.2) is 49.2 Å². The van der Waals surface area contributed by atoms with E-state index < -0.39 is 6.10 Å². The third-order valence-electron chi connectivity index (χ3n) is 5.66.